The topological polar surface area (TPSA) is 64.9 Å². The summed E-state index contributed by atoms with van der Waals surface area (Å²) in [5.74, 6) is 0.886. The number of rotatable bonds is 2. The van der Waals surface area contributed by atoms with E-state index >= 15 is 0 Å². The maximum Gasteiger partial charge on any atom is 0.203 e. The van der Waals surface area contributed by atoms with E-state index < -0.39 is 0 Å². The summed E-state index contributed by atoms with van der Waals surface area (Å²) in [7, 11) is 0. The van der Waals surface area contributed by atoms with Crippen LogP contribution in [0.3, 0.4) is 0 Å². The van der Waals surface area contributed by atoms with E-state index in [2.05, 4.69) is 10.2 Å². The van der Waals surface area contributed by atoms with Crippen molar-refractivity contribution in [1.29, 1.82) is 0 Å². The third-order valence-corrected chi connectivity index (χ3v) is 3.04. The van der Waals surface area contributed by atoms with Gasteiger partial charge in [-0.05, 0) is 12.1 Å². The minimum absolute atomic E-state index is 0.492. The first-order chi connectivity index (χ1) is 7.81. The molecule has 80 valence electrons. The average Bonchev–Trinajstić information content (AvgIpc) is 2.84. The number of benzene rings is 1. The first-order valence-corrected chi connectivity index (χ1v) is 5.68. The predicted octanol–water partition coefficient (Wildman–Crippen LogP) is 2.46. The fraction of sp³-hybridized carbons (Fsp3) is 0.0909. The Morgan fingerprint density at radius 2 is 2.12 bits per heavy atom. The van der Waals surface area contributed by atoms with E-state index in [0.717, 1.165) is 21.7 Å². The number of fused-ring (bicyclic) bond motifs is 1. The maximum absolute atomic E-state index is 5.68. The molecule has 0 spiro atoms. The van der Waals surface area contributed by atoms with Crippen LogP contribution >= 0.6 is 11.3 Å². The minimum atomic E-state index is 0.492. The van der Waals surface area contributed by atoms with Crippen LogP contribution in [0.1, 0.15) is 10.8 Å². The molecule has 1 aromatic carbocycles. The Hall–Kier alpha value is -1.88. The molecule has 3 rings (SSSR count). The largest absolute Gasteiger partial charge is 0.461 e. The van der Waals surface area contributed by atoms with Crippen molar-refractivity contribution in [3.63, 3.8) is 0 Å². The van der Waals surface area contributed by atoms with Crippen molar-refractivity contribution in [1.82, 2.24) is 10.2 Å². The first kappa shape index (κ1) is 9.35. The van der Waals surface area contributed by atoms with Crippen molar-refractivity contribution in [2.24, 2.45) is 0 Å². The average molecular weight is 231 g/mol. The molecule has 0 unspecified atom stereocenters. The van der Waals surface area contributed by atoms with Crippen molar-refractivity contribution < 1.29 is 4.42 Å². The molecule has 0 bridgehead atoms. The van der Waals surface area contributed by atoms with Gasteiger partial charge in [0.2, 0.25) is 5.13 Å². The number of hydrogen-bond acceptors (Lipinski definition) is 5. The van der Waals surface area contributed by atoms with Crippen molar-refractivity contribution in [3.05, 3.63) is 41.1 Å². The van der Waals surface area contributed by atoms with Gasteiger partial charge in [0.1, 0.15) is 16.4 Å². The van der Waals surface area contributed by atoms with Crippen LogP contribution in [0.5, 0.6) is 0 Å². The zero-order valence-electron chi connectivity index (χ0n) is 8.38. The highest BCUT2D eigenvalue weighted by Crippen LogP contribution is 2.22. The highest BCUT2D eigenvalue weighted by atomic mass is 32.1. The van der Waals surface area contributed by atoms with Gasteiger partial charge in [0.05, 0.1) is 6.42 Å². The van der Waals surface area contributed by atoms with E-state index in [0.29, 0.717) is 11.6 Å². The molecule has 0 saturated heterocycles. The van der Waals surface area contributed by atoms with Crippen LogP contribution in [0.15, 0.2) is 34.7 Å². The monoisotopic (exact) mass is 231 g/mol. The fourth-order valence-electron chi connectivity index (χ4n) is 1.61. The second-order valence-corrected chi connectivity index (χ2v) is 4.56. The molecule has 0 atom stereocenters. The smallest absolute Gasteiger partial charge is 0.203 e. The van der Waals surface area contributed by atoms with Crippen molar-refractivity contribution in [2.45, 2.75) is 6.42 Å². The summed E-state index contributed by atoms with van der Waals surface area (Å²) in [5, 5.41) is 10.2. The van der Waals surface area contributed by atoms with E-state index in [1.807, 2.05) is 30.3 Å². The molecule has 0 aliphatic heterocycles. The number of hydrogen-bond donors (Lipinski definition) is 1. The number of nitrogen functional groups attached to an aromatic ring is 1. The third-order valence-electron chi connectivity index (χ3n) is 2.28. The number of anilines is 1. The molecule has 2 N–H and O–H groups in total. The van der Waals surface area contributed by atoms with Crippen LogP contribution in [0.4, 0.5) is 5.13 Å². The highest BCUT2D eigenvalue weighted by Gasteiger charge is 2.07. The van der Waals surface area contributed by atoms with E-state index in [1.165, 1.54) is 11.3 Å². The minimum Gasteiger partial charge on any atom is -0.461 e. The Bertz CT molecular complexity index is 596. The van der Waals surface area contributed by atoms with E-state index in [4.69, 9.17) is 10.2 Å². The molecule has 4 nitrogen and oxygen atoms in total. The van der Waals surface area contributed by atoms with Gasteiger partial charge in [-0.2, -0.15) is 0 Å². The van der Waals surface area contributed by atoms with Crippen molar-refractivity contribution >= 4 is 27.4 Å². The van der Waals surface area contributed by atoms with Crippen LogP contribution in [-0.4, -0.2) is 10.2 Å². The Labute approximate surface area is 95.7 Å². The van der Waals surface area contributed by atoms with Crippen LogP contribution < -0.4 is 5.73 Å². The molecular weight excluding hydrogens is 222 g/mol. The molecule has 0 fully saturated rings. The lowest BCUT2D eigenvalue weighted by Crippen LogP contribution is -1.83. The summed E-state index contributed by atoms with van der Waals surface area (Å²) in [5.41, 5.74) is 6.42. The molecule has 0 radical (unpaired) electrons. The number of aromatic nitrogens is 2. The fourth-order valence-corrected chi connectivity index (χ4v) is 2.23. The van der Waals surface area contributed by atoms with Crippen molar-refractivity contribution in [2.75, 3.05) is 5.73 Å². The molecule has 2 heterocycles. The van der Waals surface area contributed by atoms with Gasteiger partial charge in [0.15, 0.2) is 0 Å². The number of furan rings is 1. The molecule has 16 heavy (non-hydrogen) atoms. The van der Waals surface area contributed by atoms with Gasteiger partial charge in [0, 0.05) is 5.39 Å². The first-order valence-electron chi connectivity index (χ1n) is 4.86. The van der Waals surface area contributed by atoms with E-state index in [1.54, 1.807) is 0 Å². The van der Waals surface area contributed by atoms with Crippen molar-refractivity contribution in [3.8, 4) is 0 Å². The zero-order valence-corrected chi connectivity index (χ0v) is 9.20. The van der Waals surface area contributed by atoms with Gasteiger partial charge in [-0.15, -0.1) is 10.2 Å². The molecule has 3 aromatic rings. The van der Waals surface area contributed by atoms with Gasteiger partial charge >= 0.3 is 0 Å². The lowest BCUT2D eigenvalue weighted by Gasteiger charge is -1.88. The Balaban J connectivity index is 1.95. The Morgan fingerprint density at radius 1 is 1.25 bits per heavy atom. The quantitative estimate of drug-likeness (QED) is 0.735. The van der Waals surface area contributed by atoms with E-state index in [9.17, 15) is 0 Å². The van der Waals surface area contributed by atoms with Crippen LogP contribution in [0.2, 0.25) is 0 Å². The Morgan fingerprint density at radius 3 is 2.88 bits per heavy atom. The number of para-hydroxylation sites is 1. The molecule has 0 amide bonds. The normalized spacial score (nSPS) is 11.0. The van der Waals surface area contributed by atoms with Gasteiger partial charge in [-0.3, -0.25) is 0 Å². The second kappa shape index (κ2) is 3.61. The summed E-state index contributed by atoms with van der Waals surface area (Å²) in [4.78, 5) is 0. The summed E-state index contributed by atoms with van der Waals surface area (Å²) in [6.45, 7) is 0. The SMILES string of the molecule is Nc1nnc(Cc2cc3ccccc3o2)s1. The molecule has 0 aliphatic rings. The summed E-state index contributed by atoms with van der Waals surface area (Å²) in [6, 6.07) is 9.94. The summed E-state index contributed by atoms with van der Waals surface area (Å²) < 4.78 is 5.68. The van der Waals surface area contributed by atoms with Gasteiger partial charge < -0.3 is 10.2 Å². The lowest BCUT2D eigenvalue weighted by atomic mass is 10.2. The second-order valence-electron chi connectivity index (χ2n) is 3.46. The third kappa shape index (κ3) is 1.65. The molecule has 5 heteroatoms. The standard InChI is InChI=1S/C11H9N3OS/c12-11-14-13-10(16-11)6-8-5-7-3-1-2-4-9(7)15-8/h1-5H,6H2,(H2,12,14). The molecule has 0 aliphatic carbocycles. The predicted molar refractivity (Wildman–Crippen MR) is 63.3 cm³/mol. The van der Waals surface area contributed by atoms with Gasteiger partial charge in [-0.1, -0.05) is 29.5 Å². The number of nitrogens with zero attached hydrogens (tertiary/aromatic N) is 2. The van der Waals surface area contributed by atoms with Crippen LogP contribution in [0.25, 0.3) is 11.0 Å². The maximum atomic E-state index is 5.68. The Kier molecular flexibility index (Phi) is 2.11. The summed E-state index contributed by atoms with van der Waals surface area (Å²) in [6.07, 6.45) is 0.642. The van der Waals surface area contributed by atoms with Crippen LogP contribution in [0, 0.1) is 0 Å². The summed E-state index contributed by atoms with van der Waals surface area (Å²) >= 11 is 1.39. The van der Waals surface area contributed by atoms with Crippen LogP contribution in [-0.2, 0) is 6.42 Å². The lowest BCUT2D eigenvalue weighted by molar-refractivity contribution is 0.561. The van der Waals surface area contributed by atoms with Gasteiger partial charge in [0.25, 0.3) is 0 Å². The molecular formula is C11H9N3OS. The number of nitrogens with two attached hydrogens (primary N) is 1. The highest BCUT2D eigenvalue weighted by molar-refractivity contribution is 7.15. The zero-order chi connectivity index (χ0) is 11.0. The molecule has 0 saturated carbocycles. The van der Waals surface area contributed by atoms with E-state index in [-0.39, 0.29) is 0 Å². The van der Waals surface area contributed by atoms with Gasteiger partial charge in [-0.25, -0.2) is 0 Å². The molecule has 2 aromatic heterocycles.